The third kappa shape index (κ3) is 4.18. The van der Waals surface area contributed by atoms with Gasteiger partial charge in [-0.05, 0) is 23.1 Å². The number of nitrogens with one attached hydrogen (secondary N) is 2. The van der Waals surface area contributed by atoms with Crippen LogP contribution in [0.3, 0.4) is 0 Å². The Morgan fingerprint density at radius 3 is 2.23 bits per heavy atom. The molecular weight excluding hydrogens is 326 g/mol. The Kier molecular flexibility index (Phi) is 5.81. The van der Waals surface area contributed by atoms with Crippen LogP contribution in [-0.2, 0) is 4.79 Å². The van der Waals surface area contributed by atoms with Crippen LogP contribution in [0, 0.1) is 0 Å². The number of hydrogen-bond acceptors (Lipinski definition) is 3. The fraction of sp³-hybridized carbons (Fsp3) is 0.238. The first kappa shape index (κ1) is 17.9. The zero-order valence-corrected chi connectivity index (χ0v) is 14.8. The highest BCUT2D eigenvalue weighted by Crippen LogP contribution is 2.28. The molecule has 0 saturated carbocycles. The van der Waals surface area contributed by atoms with E-state index in [-0.39, 0.29) is 5.91 Å². The summed E-state index contributed by atoms with van der Waals surface area (Å²) >= 11 is 0. The second-order valence-corrected chi connectivity index (χ2v) is 6.22. The lowest BCUT2D eigenvalue weighted by Gasteiger charge is -2.33. The minimum atomic E-state index is -0.498. The highest BCUT2D eigenvalue weighted by molar-refractivity contribution is 5.97. The molecule has 2 N–H and O–H groups in total. The number of carbonyl (C=O) groups excluding carboxylic acids is 2. The summed E-state index contributed by atoms with van der Waals surface area (Å²) in [5, 5.41) is 4.85. The summed E-state index contributed by atoms with van der Waals surface area (Å²) in [7, 11) is 1.50. The molecule has 2 aromatic carbocycles. The fourth-order valence-electron chi connectivity index (χ4n) is 3.24. The molecule has 1 aliphatic heterocycles. The largest absolute Gasteiger partial charge is 0.341 e. The first-order valence-corrected chi connectivity index (χ1v) is 8.75. The highest BCUT2D eigenvalue weighted by Gasteiger charge is 2.29. The van der Waals surface area contributed by atoms with E-state index in [1.54, 1.807) is 0 Å². The van der Waals surface area contributed by atoms with Gasteiger partial charge >= 0.3 is 6.03 Å². The number of imide groups is 1. The first-order valence-electron chi connectivity index (χ1n) is 8.75. The molecule has 0 saturated heterocycles. The Bertz CT molecular complexity index is 787. The van der Waals surface area contributed by atoms with Crippen LogP contribution in [0.25, 0.3) is 5.57 Å². The Labute approximate surface area is 153 Å². The molecule has 3 amide bonds. The summed E-state index contributed by atoms with van der Waals surface area (Å²) in [4.78, 5) is 26.4. The van der Waals surface area contributed by atoms with E-state index < -0.39 is 12.1 Å². The number of nitrogens with zero attached hydrogens (tertiary/aromatic N) is 1. The topological polar surface area (TPSA) is 61.4 Å². The summed E-state index contributed by atoms with van der Waals surface area (Å²) in [6.07, 6.45) is 3.03. The fourth-order valence-corrected chi connectivity index (χ4v) is 3.24. The minimum absolute atomic E-state index is 0.313. The average Bonchev–Trinajstić information content (AvgIpc) is 2.70. The van der Waals surface area contributed by atoms with E-state index in [0.717, 1.165) is 18.5 Å². The number of rotatable bonds is 4. The third-order valence-corrected chi connectivity index (χ3v) is 4.58. The van der Waals surface area contributed by atoms with Crippen molar-refractivity contribution in [1.82, 2.24) is 15.5 Å². The van der Waals surface area contributed by atoms with Crippen LogP contribution < -0.4 is 10.6 Å². The van der Waals surface area contributed by atoms with Gasteiger partial charge in [0, 0.05) is 20.1 Å². The van der Waals surface area contributed by atoms with Crippen LogP contribution in [0.4, 0.5) is 4.79 Å². The maximum Gasteiger partial charge on any atom is 0.321 e. The summed E-state index contributed by atoms with van der Waals surface area (Å²) in [5.74, 6) is -0.313. The predicted octanol–water partition coefficient (Wildman–Crippen LogP) is 2.97. The van der Waals surface area contributed by atoms with Crippen molar-refractivity contribution in [1.29, 1.82) is 0 Å². The van der Waals surface area contributed by atoms with E-state index >= 15 is 0 Å². The Morgan fingerprint density at radius 1 is 1.00 bits per heavy atom. The predicted molar refractivity (Wildman–Crippen MR) is 102 cm³/mol. The van der Waals surface area contributed by atoms with E-state index in [1.807, 2.05) is 48.5 Å². The van der Waals surface area contributed by atoms with Gasteiger partial charge in [-0.15, -0.1) is 0 Å². The molecule has 5 heteroatoms. The van der Waals surface area contributed by atoms with Crippen molar-refractivity contribution >= 4 is 17.5 Å². The molecule has 0 fully saturated rings. The number of amides is 3. The van der Waals surface area contributed by atoms with Crippen molar-refractivity contribution in [2.75, 3.05) is 20.1 Å². The number of hydrogen-bond donors (Lipinski definition) is 2. The molecule has 0 bridgehead atoms. The third-order valence-electron chi connectivity index (χ3n) is 4.58. The lowest BCUT2D eigenvalue weighted by Crippen LogP contribution is -2.46. The molecule has 3 rings (SSSR count). The maximum atomic E-state index is 12.7. The molecule has 0 radical (unpaired) electrons. The molecular formula is C21H23N3O2. The van der Waals surface area contributed by atoms with Crippen LogP contribution in [0.15, 0.2) is 66.7 Å². The zero-order valence-electron chi connectivity index (χ0n) is 14.8. The molecule has 5 nitrogen and oxygen atoms in total. The lowest BCUT2D eigenvalue weighted by atomic mass is 9.96. The van der Waals surface area contributed by atoms with Crippen LogP contribution in [0.5, 0.6) is 0 Å². The number of urea groups is 1. The SMILES string of the molecule is CNC(=O)NC(=O)[C@H](c1ccccc1)N1CC=C(c2ccccc2)CC1. The average molecular weight is 349 g/mol. The standard InChI is InChI=1S/C21H23N3O2/c1-22-21(26)23-20(25)19(18-10-6-3-7-11-18)24-14-12-17(13-15-24)16-8-4-2-5-9-16/h2-12,19H,13-15H2,1H3,(H2,22,23,25,26)/t19-/m0/s1. The molecule has 0 aliphatic carbocycles. The molecule has 0 aromatic heterocycles. The van der Waals surface area contributed by atoms with E-state index in [0.29, 0.717) is 6.54 Å². The molecule has 1 atom stereocenters. The zero-order chi connectivity index (χ0) is 18.4. The molecule has 1 aliphatic rings. The van der Waals surface area contributed by atoms with Gasteiger partial charge in [0.05, 0.1) is 0 Å². The summed E-state index contributed by atoms with van der Waals surface area (Å²) < 4.78 is 0. The van der Waals surface area contributed by atoms with E-state index in [4.69, 9.17) is 0 Å². The lowest BCUT2D eigenvalue weighted by molar-refractivity contribution is -0.125. The molecule has 134 valence electrons. The summed E-state index contributed by atoms with van der Waals surface area (Å²) in [6, 6.07) is 18.9. The van der Waals surface area contributed by atoms with Gasteiger partial charge < -0.3 is 5.32 Å². The second-order valence-electron chi connectivity index (χ2n) is 6.22. The molecule has 26 heavy (non-hydrogen) atoms. The highest BCUT2D eigenvalue weighted by atomic mass is 16.2. The van der Waals surface area contributed by atoms with Gasteiger partial charge in [0.1, 0.15) is 6.04 Å². The maximum absolute atomic E-state index is 12.7. The van der Waals surface area contributed by atoms with Crippen LogP contribution in [0.1, 0.15) is 23.6 Å². The van der Waals surface area contributed by atoms with Crippen molar-refractivity contribution in [2.24, 2.45) is 0 Å². The Hall–Kier alpha value is -2.92. The first-order chi connectivity index (χ1) is 12.7. The Morgan fingerprint density at radius 2 is 1.65 bits per heavy atom. The van der Waals surface area contributed by atoms with Gasteiger partial charge in [0.2, 0.25) is 5.91 Å². The normalized spacial score (nSPS) is 15.7. The van der Waals surface area contributed by atoms with Crippen LogP contribution in [0.2, 0.25) is 0 Å². The van der Waals surface area contributed by atoms with Gasteiger partial charge in [-0.2, -0.15) is 0 Å². The van der Waals surface area contributed by atoms with E-state index in [1.165, 1.54) is 18.2 Å². The van der Waals surface area contributed by atoms with Gasteiger partial charge in [0.25, 0.3) is 0 Å². The van der Waals surface area contributed by atoms with Crippen molar-refractivity contribution in [2.45, 2.75) is 12.5 Å². The van der Waals surface area contributed by atoms with Gasteiger partial charge in [-0.3, -0.25) is 15.0 Å². The van der Waals surface area contributed by atoms with Crippen LogP contribution in [-0.4, -0.2) is 37.0 Å². The monoisotopic (exact) mass is 349 g/mol. The molecule has 2 aromatic rings. The van der Waals surface area contributed by atoms with Gasteiger partial charge in [-0.25, -0.2) is 4.79 Å². The van der Waals surface area contributed by atoms with Crippen molar-refractivity contribution in [3.05, 3.63) is 77.9 Å². The smallest absolute Gasteiger partial charge is 0.321 e. The van der Waals surface area contributed by atoms with E-state index in [9.17, 15) is 9.59 Å². The Balaban J connectivity index is 1.81. The van der Waals surface area contributed by atoms with Crippen LogP contribution >= 0.6 is 0 Å². The molecule has 1 heterocycles. The van der Waals surface area contributed by atoms with Gasteiger partial charge in [-0.1, -0.05) is 66.7 Å². The number of benzene rings is 2. The number of carbonyl (C=O) groups is 2. The minimum Gasteiger partial charge on any atom is -0.341 e. The van der Waals surface area contributed by atoms with Crippen molar-refractivity contribution in [3.63, 3.8) is 0 Å². The van der Waals surface area contributed by atoms with Crippen molar-refractivity contribution in [3.8, 4) is 0 Å². The molecule has 0 unspecified atom stereocenters. The summed E-state index contributed by atoms with van der Waals surface area (Å²) in [6.45, 7) is 1.41. The second kappa shape index (κ2) is 8.45. The van der Waals surface area contributed by atoms with Crippen molar-refractivity contribution < 1.29 is 9.59 Å². The van der Waals surface area contributed by atoms with Gasteiger partial charge in [0.15, 0.2) is 0 Å². The molecule has 0 spiro atoms. The quantitative estimate of drug-likeness (QED) is 0.892. The van der Waals surface area contributed by atoms with E-state index in [2.05, 4.69) is 33.7 Å². The summed E-state index contributed by atoms with van der Waals surface area (Å²) in [5.41, 5.74) is 3.39.